The highest BCUT2D eigenvalue weighted by atomic mass is 19.4. The SMILES string of the molecule is CCCOC(F)(COC(=O)c1ccc(C(=O)Oc2ccc(NC)cc2)cc1)C(F)(F)F. The Morgan fingerprint density at radius 2 is 1.45 bits per heavy atom. The Hall–Kier alpha value is -3.14. The fourth-order valence-corrected chi connectivity index (χ4v) is 2.31. The Morgan fingerprint density at radius 1 is 0.903 bits per heavy atom. The van der Waals surface area contributed by atoms with E-state index in [1.54, 1.807) is 31.3 Å². The summed E-state index contributed by atoms with van der Waals surface area (Å²) >= 11 is 0. The van der Waals surface area contributed by atoms with Crippen molar-refractivity contribution in [1.82, 2.24) is 0 Å². The summed E-state index contributed by atoms with van der Waals surface area (Å²) in [6, 6.07) is 11.4. The minimum absolute atomic E-state index is 0.0932. The molecule has 0 aromatic heterocycles. The van der Waals surface area contributed by atoms with Gasteiger partial charge in [-0.3, -0.25) is 0 Å². The standard InChI is InChI=1S/C21H21F4NO5/c1-3-12-30-20(22,21(23,24)25)13-29-18(27)14-4-6-15(7-5-14)19(28)31-17-10-8-16(26-2)9-11-17/h4-11,26H,3,12-13H2,1-2H3. The van der Waals surface area contributed by atoms with Crippen LogP contribution in [0.1, 0.15) is 34.1 Å². The van der Waals surface area contributed by atoms with Gasteiger partial charge in [0.25, 0.3) is 0 Å². The summed E-state index contributed by atoms with van der Waals surface area (Å²) in [5, 5.41) is 2.92. The highest BCUT2D eigenvalue weighted by Gasteiger charge is 2.58. The van der Waals surface area contributed by atoms with Crippen LogP contribution in [-0.4, -0.2) is 44.2 Å². The summed E-state index contributed by atoms with van der Waals surface area (Å²) in [4.78, 5) is 24.2. The van der Waals surface area contributed by atoms with Crippen molar-refractivity contribution >= 4 is 17.6 Å². The molecule has 0 bridgehead atoms. The van der Waals surface area contributed by atoms with Crippen molar-refractivity contribution in [3.8, 4) is 5.75 Å². The molecule has 10 heteroatoms. The smallest absolute Gasteiger partial charge is 0.452 e. The van der Waals surface area contributed by atoms with Crippen molar-refractivity contribution in [2.45, 2.75) is 25.4 Å². The number of nitrogens with one attached hydrogen (secondary N) is 1. The van der Waals surface area contributed by atoms with Gasteiger partial charge in [0, 0.05) is 12.7 Å². The second kappa shape index (κ2) is 10.3. The number of ether oxygens (including phenoxy) is 3. The van der Waals surface area contributed by atoms with E-state index < -0.39 is 37.2 Å². The third-order valence-electron chi connectivity index (χ3n) is 4.06. The Labute approximate surface area is 176 Å². The number of carbonyl (C=O) groups excluding carboxylic acids is 2. The second-order valence-corrected chi connectivity index (χ2v) is 6.39. The number of rotatable bonds is 9. The Bertz CT molecular complexity index is 884. The van der Waals surface area contributed by atoms with E-state index in [1.807, 2.05) is 0 Å². The van der Waals surface area contributed by atoms with E-state index in [2.05, 4.69) is 14.8 Å². The van der Waals surface area contributed by atoms with E-state index in [0.717, 1.165) is 17.8 Å². The van der Waals surface area contributed by atoms with Crippen LogP contribution in [0.4, 0.5) is 23.2 Å². The third-order valence-corrected chi connectivity index (χ3v) is 4.06. The lowest BCUT2D eigenvalue weighted by molar-refractivity contribution is -0.341. The lowest BCUT2D eigenvalue weighted by Gasteiger charge is -2.27. The van der Waals surface area contributed by atoms with Crippen LogP contribution in [0.3, 0.4) is 0 Å². The predicted molar refractivity (Wildman–Crippen MR) is 104 cm³/mol. The van der Waals surface area contributed by atoms with Crippen molar-refractivity contribution in [1.29, 1.82) is 0 Å². The van der Waals surface area contributed by atoms with E-state index in [9.17, 15) is 27.2 Å². The first-order valence-corrected chi connectivity index (χ1v) is 9.26. The first-order chi connectivity index (χ1) is 14.6. The number of alkyl halides is 4. The summed E-state index contributed by atoms with van der Waals surface area (Å²) in [5.74, 6) is -5.71. The third kappa shape index (κ3) is 6.42. The van der Waals surface area contributed by atoms with Crippen LogP contribution in [0.2, 0.25) is 0 Å². The van der Waals surface area contributed by atoms with Crippen LogP contribution in [0.15, 0.2) is 48.5 Å². The van der Waals surface area contributed by atoms with E-state index in [4.69, 9.17) is 4.74 Å². The molecule has 0 saturated carbocycles. The van der Waals surface area contributed by atoms with Crippen LogP contribution in [0, 0.1) is 0 Å². The molecule has 0 saturated heterocycles. The summed E-state index contributed by atoms with van der Waals surface area (Å²) < 4.78 is 66.7. The number of anilines is 1. The molecular weight excluding hydrogens is 422 g/mol. The Kier molecular flexibility index (Phi) is 7.98. The van der Waals surface area contributed by atoms with Crippen LogP contribution >= 0.6 is 0 Å². The van der Waals surface area contributed by atoms with Gasteiger partial charge in [0.2, 0.25) is 0 Å². The van der Waals surface area contributed by atoms with Gasteiger partial charge in [-0.15, -0.1) is 0 Å². The van der Waals surface area contributed by atoms with Gasteiger partial charge in [-0.2, -0.15) is 17.6 Å². The molecule has 0 fully saturated rings. The first kappa shape index (κ1) is 24.1. The van der Waals surface area contributed by atoms with Crippen LogP contribution in [0.25, 0.3) is 0 Å². The maximum Gasteiger partial charge on any atom is 0.452 e. The molecule has 0 heterocycles. The molecule has 1 unspecified atom stereocenters. The molecule has 0 aliphatic carbocycles. The molecule has 168 valence electrons. The van der Waals surface area contributed by atoms with Crippen LogP contribution in [-0.2, 0) is 9.47 Å². The van der Waals surface area contributed by atoms with Crippen molar-refractivity contribution in [3.05, 3.63) is 59.7 Å². The number of hydrogen-bond donors (Lipinski definition) is 1. The summed E-state index contributed by atoms with van der Waals surface area (Å²) in [6.07, 6.45) is -5.23. The fraction of sp³-hybridized carbons (Fsp3) is 0.333. The summed E-state index contributed by atoms with van der Waals surface area (Å²) in [5.41, 5.74) is 0.746. The highest BCUT2D eigenvalue weighted by Crippen LogP contribution is 2.35. The Morgan fingerprint density at radius 3 is 1.94 bits per heavy atom. The molecule has 1 atom stereocenters. The second-order valence-electron chi connectivity index (χ2n) is 6.39. The van der Waals surface area contributed by atoms with E-state index >= 15 is 0 Å². The minimum Gasteiger partial charge on any atom is -0.456 e. The van der Waals surface area contributed by atoms with Gasteiger partial charge >= 0.3 is 24.0 Å². The molecule has 31 heavy (non-hydrogen) atoms. The molecule has 2 aromatic carbocycles. The van der Waals surface area contributed by atoms with Gasteiger partial charge in [0.15, 0.2) is 6.61 Å². The molecule has 0 amide bonds. The first-order valence-electron chi connectivity index (χ1n) is 9.26. The van der Waals surface area contributed by atoms with Gasteiger partial charge in [0.1, 0.15) is 5.75 Å². The highest BCUT2D eigenvalue weighted by molar-refractivity contribution is 5.94. The fourth-order valence-electron chi connectivity index (χ4n) is 2.31. The molecule has 2 rings (SSSR count). The predicted octanol–water partition coefficient (Wildman–Crippen LogP) is 4.76. The molecule has 2 aromatic rings. The monoisotopic (exact) mass is 443 g/mol. The molecule has 0 spiro atoms. The quantitative estimate of drug-likeness (QED) is 0.342. The van der Waals surface area contributed by atoms with Gasteiger partial charge in [-0.1, -0.05) is 6.92 Å². The van der Waals surface area contributed by atoms with Crippen molar-refractivity contribution in [2.75, 3.05) is 25.6 Å². The maximum absolute atomic E-state index is 14.1. The van der Waals surface area contributed by atoms with Gasteiger partial charge in [-0.25, -0.2) is 9.59 Å². The molecule has 1 N–H and O–H groups in total. The molecule has 0 aliphatic heterocycles. The zero-order valence-corrected chi connectivity index (χ0v) is 16.8. The number of benzene rings is 2. The lowest BCUT2D eigenvalue weighted by Crippen LogP contribution is -2.48. The van der Waals surface area contributed by atoms with Gasteiger partial charge in [0.05, 0.1) is 17.7 Å². The zero-order chi connectivity index (χ0) is 23.1. The molecular formula is C21H21F4NO5. The number of carbonyl (C=O) groups is 2. The van der Waals surface area contributed by atoms with Gasteiger partial charge < -0.3 is 19.5 Å². The molecule has 6 nitrogen and oxygen atoms in total. The topological polar surface area (TPSA) is 73.9 Å². The van der Waals surface area contributed by atoms with E-state index in [-0.39, 0.29) is 17.5 Å². The van der Waals surface area contributed by atoms with Crippen molar-refractivity contribution < 1.29 is 41.4 Å². The molecule has 0 radical (unpaired) electrons. The zero-order valence-electron chi connectivity index (χ0n) is 16.8. The summed E-state index contributed by atoms with van der Waals surface area (Å²) in [7, 11) is 1.74. The average molecular weight is 443 g/mol. The van der Waals surface area contributed by atoms with Gasteiger partial charge in [-0.05, 0) is 55.0 Å². The van der Waals surface area contributed by atoms with E-state index in [0.29, 0.717) is 5.75 Å². The van der Waals surface area contributed by atoms with Crippen LogP contribution < -0.4 is 10.1 Å². The number of hydrogen-bond acceptors (Lipinski definition) is 6. The van der Waals surface area contributed by atoms with Crippen molar-refractivity contribution in [3.63, 3.8) is 0 Å². The van der Waals surface area contributed by atoms with E-state index in [1.165, 1.54) is 19.1 Å². The summed E-state index contributed by atoms with van der Waals surface area (Å²) in [6.45, 7) is -0.642. The normalized spacial score (nSPS) is 13.2. The average Bonchev–Trinajstić information content (AvgIpc) is 2.75. The largest absolute Gasteiger partial charge is 0.456 e. The maximum atomic E-state index is 14.1. The number of halogens is 4. The van der Waals surface area contributed by atoms with Crippen LogP contribution in [0.5, 0.6) is 5.75 Å². The van der Waals surface area contributed by atoms with Crippen molar-refractivity contribution in [2.24, 2.45) is 0 Å². The molecule has 0 aliphatic rings. The minimum atomic E-state index is -5.37. The Balaban J connectivity index is 1.99. The lowest BCUT2D eigenvalue weighted by atomic mass is 10.1. The number of esters is 2.